The minimum Gasteiger partial charge on any atom is -0.507 e. The summed E-state index contributed by atoms with van der Waals surface area (Å²) in [6, 6.07) is 11.0. The molecule has 0 aromatic heterocycles. The van der Waals surface area contributed by atoms with E-state index < -0.39 is 58.3 Å². The predicted molar refractivity (Wildman–Crippen MR) is 128 cm³/mol. The van der Waals surface area contributed by atoms with Crippen molar-refractivity contribution in [2.75, 3.05) is 0 Å². The fourth-order valence-electron chi connectivity index (χ4n) is 6.30. The standard InChI is InChI=1S/C28H27NO7/c1-12(2)13-4-3-5-14(8-13)17-6-7-19(30)22-18(17)10-15-9-16-11-20(31)23(27(29)35)26(34)28(16,36)25(33)21(15)24(22)32/h3-8,12,15-16,21,23,30,36H,9-11H2,1-2H3,(H2,29,35)/t15-,16+,21?,23?,28+/m1/s1. The van der Waals surface area contributed by atoms with Crippen molar-refractivity contribution < 1.29 is 34.2 Å². The van der Waals surface area contributed by atoms with Crippen LogP contribution in [0.3, 0.4) is 0 Å². The molecule has 0 spiro atoms. The van der Waals surface area contributed by atoms with Gasteiger partial charge in [0.2, 0.25) is 5.91 Å². The quantitative estimate of drug-likeness (QED) is 0.559. The molecular weight excluding hydrogens is 462 g/mol. The van der Waals surface area contributed by atoms with Gasteiger partial charge in [0.05, 0.1) is 11.5 Å². The van der Waals surface area contributed by atoms with Crippen LogP contribution in [0.25, 0.3) is 11.1 Å². The van der Waals surface area contributed by atoms with Crippen LogP contribution in [0.5, 0.6) is 5.75 Å². The second kappa shape index (κ2) is 8.20. The second-order valence-electron chi connectivity index (χ2n) is 10.5. The SMILES string of the molecule is CC(C)c1cccc(-c2ccc(O)c3c2C[C@H]2C[C@H]4CC(=O)C(C(N)=O)C(=O)[C@@]4(O)C(=O)C2C3=O)c1. The zero-order valence-electron chi connectivity index (χ0n) is 20.0. The summed E-state index contributed by atoms with van der Waals surface area (Å²) in [5.41, 5.74) is 5.92. The summed E-state index contributed by atoms with van der Waals surface area (Å²) in [6.07, 6.45) is -0.0291. The third-order valence-corrected chi connectivity index (χ3v) is 8.15. The number of primary amides is 1. The van der Waals surface area contributed by atoms with E-state index in [4.69, 9.17) is 5.73 Å². The number of aromatic hydroxyl groups is 1. The lowest BCUT2D eigenvalue weighted by molar-refractivity contribution is -0.175. The van der Waals surface area contributed by atoms with Gasteiger partial charge in [0.15, 0.2) is 34.7 Å². The highest BCUT2D eigenvalue weighted by atomic mass is 16.3. The summed E-state index contributed by atoms with van der Waals surface area (Å²) < 4.78 is 0. The number of ketones is 4. The molecule has 3 aliphatic rings. The highest BCUT2D eigenvalue weighted by molar-refractivity contribution is 6.31. The molecule has 2 saturated carbocycles. The third kappa shape index (κ3) is 3.27. The number of amides is 1. The van der Waals surface area contributed by atoms with Crippen LogP contribution in [0.1, 0.15) is 54.1 Å². The van der Waals surface area contributed by atoms with Crippen molar-refractivity contribution >= 4 is 29.0 Å². The molecular formula is C28H27NO7. The maximum atomic E-state index is 13.7. The Hall–Kier alpha value is -3.65. The number of carbonyl (C=O) groups excluding carboxylic acids is 5. The lowest BCUT2D eigenvalue weighted by Gasteiger charge is -2.48. The van der Waals surface area contributed by atoms with E-state index in [1.54, 1.807) is 6.07 Å². The lowest BCUT2D eigenvalue weighted by atomic mass is 9.53. The molecule has 0 aliphatic heterocycles. The summed E-state index contributed by atoms with van der Waals surface area (Å²) in [7, 11) is 0. The first-order chi connectivity index (χ1) is 17.0. The van der Waals surface area contributed by atoms with Gasteiger partial charge in [0, 0.05) is 12.3 Å². The molecule has 5 rings (SSSR count). The number of fused-ring (bicyclic) bond motifs is 3. The van der Waals surface area contributed by atoms with Gasteiger partial charge in [-0.1, -0.05) is 44.2 Å². The van der Waals surface area contributed by atoms with E-state index in [1.165, 1.54) is 6.07 Å². The number of aliphatic hydroxyl groups is 1. The molecule has 0 radical (unpaired) electrons. The minimum atomic E-state index is -2.64. The molecule has 8 heteroatoms. The molecule has 2 aromatic carbocycles. The largest absolute Gasteiger partial charge is 0.507 e. The normalized spacial score (nSPS) is 29.6. The van der Waals surface area contributed by atoms with E-state index >= 15 is 0 Å². The third-order valence-electron chi connectivity index (χ3n) is 8.15. The molecule has 5 atom stereocenters. The van der Waals surface area contributed by atoms with Crippen molar-refractivity contribution in [2.24, 2.45) is 29.4 Å². The molecule has 0 heterocycles. The van der Waals surface area contributed by atoms with Crippen LogP contribution in [-0.2, 0) is 25.6 Å². The highest BCUT2D eigenvalue weighted by Crippen LogP contribution is 2.51. The Labute approximate surface area is 207 Å². The molecule has 8 nitrogen and oxygen atoms in total. The fourth-order valence-corrected chi connectivity index (χ4v) is 6.30. The summed E-state index contributed by atoms with van der Waals surface area (Å²) in [6.45, 7) is 4.15. The molecule has 2 aromatic rings. The van der Waals surface area contributed by atoms with Gasteiger partial charge < -0.3 is 15.9 Å². The molecule has 186 valence electrons. The zero-order chi connectivity index (χ0) is 26.1. The van der Waals surface area contributed by atoms with Gasteiger partial charge in [-0.2, -0.15) is 0 Å². The van der Waals surface area contributed by atoms with E-state index in [0.29, 0.717) is 5.56 Å². The monoisotopic (exact) mass is 489 g/mol. The van der Waals surface area contributed by atoms with Crippen LogP contribution in [0.2, 0.25) is 0 Å². The number of Topliss-reactive ketones (excluding diaryl/α,β-unsaturated/α-hetero) is 4. The zero-order valence-corrected chi connectivity index (χ0v) is 20.0. The molecule has 2 unspecified atom stereocenters. The maximum absolute atomic E-state index is 13.7. The fraction of sp³-hybridized carbons (Fsp3) is 0.393. The number of rotatable bonds is 3. The Kier molecular flexibility index (Phi) is 5.48. The van der Waals surface area contributed by atoms with Gasteiger partial charge in [-0.25, -0.2) is 0 Å². The van der Waals surface area contributed by atoms with Gasteiger partial charge in [-0.3, -0.25) is 24.0 Å². The number of nitrogens with two attached hydrogens (primary N) is 1. The minimum absolute atomic E-state index is 0.00452. The number of hydrogen-bond acceptors (Lipinski definition) is 7. The molecule has 2 fully saturated rings. The van der Waals surface area contributed by atoms with Crippen molar-refractivity contribution in [3.8, 4) is 16.9 Å². The van der Waals surface area contributed by atoms with Crippen LogP contribution in [0.15, 0.2) is 36.4 Å². The molecule has 3 aliphatic carbocycles. The maximum Gasteiger partial charge on any atom is 0.235 e. The number of phenolic OH excluding ortho intramolecular Hbond substituents is 1. The summed E-state index contributed by atoms with van der Waals surface area (Å²) in [5.74, 6) is -9.77. The van der Waals surface area contributed by atoms with Gasteiger partial charge >= 0.3 is 0 Å². The van der Waals surface area contributed by atoms with Crippen LogP contribution in [0, 0.1) is 23.7 Å². The Morgan fingerprint density at radius 1 is 1.06 bits per heavy atom. The van der Waals surface area contributed by atoms with Gasteiger partial charge in [-0.15, -0.1) is 0 Å². The average molecular weight is 490 g/mol. The van der Waals surface area contributed by atoms with E-state index in [0.717, 1.165) is 16.7 Å². The van der Waals surface area contributed by atoms with Crippen molar-refractivity contribution in [1.29, 1.82) is 0 Å². The summed E-state index contributed by atoms with van der Waals surface area (Å²) in [5, 5.41) is 21.9. The van der Waals surface area contributed by atoms with Gasteiger partial charge in [-0.05, 0) is 53.0 Å². The second-order valence-corrected chi connectivity index (χ2v) is 10.5. The molecule has 4 N–H and O–H groups in total. The van der Waals surface area contributed by atoms with Crippen molar-refractivity contribution in [3.63, 3.8) is 0 Å². The Morgan fingerprint density at radius 3 is 2.44 bits per heavy atom. The molecule has 1 amide bonds. The Morgan fingerprint density at radius 2 is 1.78 bits per heavy atom. The highest BCUT2D eigenvalue weighted by Gasteiger charge is 2.66. The van der Waals surface area contributed by atoms with E-state index in [-0.39, 0.29) is 36.5 Å². The average Bonchev–Trinajstić information content (AvgIpc) is 2.81. The van der Waals surface area contributed by atoms with Crippen molar-refractivity contribution in [3.05, 3.63) is 53.1 Å². The van der Waals surface area contributed by atoms with E-state index in [1.807, 2.05) is 24.3 Å². The predicted octanol–water partition coefficient (Wildman–Crippen LogP) is 2.12. The number of phenols is 1. The van der Waals surface area contributed by atoms with E-state index in [2.05, 4.69) is 13.8 Å². The number of carbonyl (C=O) groups is 5. The van der Waals surface area contributed by atoms with Gasteiger partial charge in [0.25, 0.3) is 0 Å². The summed E-state index contributed by atoms with van der Waals surface area (Å²) >= 11 is 0. The first-order valence-electron chi connectivity index (χ1n) is 12.1. The first-order valence-corrected chi connectivity index (χ1v) is 12.1. The molecule has 36 heavy (non-hydrogen) atoms. The van der Waals surface area contributed by atoms with Crippen LogP contribution in [0.4, 0.5) is 0 Å². The van der Waals surface area contributed by atoms with Crippen LogP contribution < -0.4 is 5.73 Å². The molecule has 0 saturated heterocycles. The van der Waals surface area contributed by atoms with Crippen molar-refractivity contribution in [2.45, 2.75) is 44.6 Å². The number of hydrogen-bond donors (Lipinski definition) is 3. The lowest BCUT2D eigenvalue weighted by Crippen LogP contribution is -2.68. The van der Waals surface area contributed by atoms with Crippen LogP contribution in [-0.4, -0.2) is 44.9 Å². The Bertz CT molecular complexity index is 1360. The van der Waals surface area contributed by atoms with E-state index in [9.17, 15) is 34.2 Å². The Balaban J connectivity index is 1.61. The van der Waals surface area contributed by atoms with Crippen LogP contribution >= 0.6 is 0 Å². The molecule has 0 bridgehead atoms. The topological polar surface area (TPSA) is 152 Å². The van der Waals surface area contributed by atoms with Gasteiger partial charge in [0.1, 0.15) is 5.75 Å². The summed E-state index contributed by atoms with van der Waals surface area (Å²) in [4.78, 5) is 64.5. The number of benzene rings is 2. The first kappa shape index (κ1) is 24.1. The smallest absolute Gasteiger partial charge is 0.235 e. The van der Waals surface area contributed by atoms with Crippen molar-refractivity contribution in [1.82, 2.24) is 0 Å².